The zero-order valence-corrected chi connectivity index (χ0v) is 15.0. The smallest absolute Gasteiger partial charge is 0.240 e. The predicted molar refractivity (Wildman–Crippen MR) is 92.1 cm³/mol. The van der Waals surface area contributed by atoms with Crippen molar-refractivity contribution < 1.29 is 4.79 Å². The van der Waals surface area contributed by atoms with E-state index in [4.69, 9.17) is 12.2 Å². The average Bonchev–Trinajstić information content (AvgIpc) is 2.81. The van der Waals surface area contributed by atoms with Gasteiger partial charge in [0.1, 0.15) is 12.4 Å². The van der Waals surface area contributed by atoms with Crippen LogP contribution < -0.4 is 5.32 Å². The number of H-pyrrole nitrogens is 1. The van der Waals surface area contributed by atoms with Crippen LogP contribution in [0.5, 0.6) is 0 Å². The maximum atomic E-state index is 12.2. The topological polar surface area (TPSA) is 62.7 Å². The summed E-state index contributed by atoms with van der Waals surface area (Å²) in [5, 5.41) is 9.90. The van der Waals surface area contributed by atoms with Gasteiger partial charge in [-0.2, -0.15) is 5.10 Å². The van der Waals surface area contributed by atoms with Crippen molar-refractivity contribution in [3.8, 4) is 0 Å². The maximum Gasteiger partial charge on any atom is 0.240 e. The maximum absolute atomic E-state index is 12.2. The highest BCUT2D eigenvalue weighted by atomic mass is 79.9. The summed E-state index contributed by atoms with van der Waals surface area (Å²) in [6, 6.07) is 7.84. The summed E-state index contributed by atoms with van der Waals surface area (Å²) in [7, 11) is 0. The van der Waals surface area contributed by atoms with Crippen LogP contribution in [-0.2, 0) is 17.8 Å². The summed E-state index contributed by atoms with van der Waals surface area (Å²) in [5.74, 6) is 0.740. The van der Waals surface area contributed by atoms with Gasteiger partial charge in [-0.3, -0.25) is 14.5 Å². The number of aryl methyl sites for hydroxylation is 1. The highest BCUT2D eigenvalue weighted by Gasteiger charge is 2.13. The molecule has 0 aliphatic carbocycles. The van der Waals surface area contributed by atoms with Crippen LogP contribution in [0, 0.1) is 4.77 Å². The summed E-state index contributed by atoms with van der Waals surface area (Å²) in [6.45, 7) is 4.21. The van der Waals surface area contributed by atoms with Gasteiger partial charge in [-0.15, -0.1) is 0 Å². The van der Waals surface area contributed by atoms with E-state index < -0.39 is 0 Å². The third-order valence-corrected chi connectivity index (χ3v) is 4.20. The number of carbonyl (C=O) groups is 1. The molecule has 0 radical (unpaired) electrons. The van der Waals surface area contributed by atoms with E-state index in [-0.39, 0.29) is 18.5 Å². The lowest BCUT2D eigenvalue weighted by Gasteiger charge is -2.15. The highest BCUT2D eigenvalue weighted by molar-refractivity contribution is 9.10. The van der Waals surface area contributed by atoms with E-state index in [1.807, 2.05) is 31.2 Å². The van der Waals surface area contributed by atoms with Crippen molar-refractivity contribution in [2.75, 3.05) is 0 Å². The lowest BCUT2D eigenvalue weighted by Crippen LogP contribution is -2.30. The first-order valence-corrected chi connectivity index (χ1v) is 8.40. The number of nitrogens with one attached hydrogen (secondary N) is 2. The first-order chi connectivity index (χ1) is 10.5. The number of aromatic amines is 1. The van der Waals surface area contributed by atoms with E-state index in [9.17, 15) is 4.79 Å². The normalized spacial score (nSPS) is 12.1. The number of hydrogen-bond donors (Lipinski definition) is 2. The standard InChI is InChI=1S/C15H19BrN4OS/c1-3-4-13-18-19-15(22)20(13)9-14(21)17-10(2)11-5-7-12(16)8-6-11/h5-8,10H,3-4,9H2,1-2H3,(H,17,21)(H,19,22). The summed E-state index contributed by atoms with van der Waals surface area (Å²) in [6.07, 6.45) is 1.75. The van der Waals surface area contributed by atoms with Crippen molar-refractivity contribution in [2.45, 2.75) is 39.3 Å². The average molecular weight is 383 g/mol. The molecule has 0 saturated heterocycles. The van der Waals surface area contributed by atoms with Gasteiger partial charge in [-0.1, -0.05) is 35.0 Å². The molecule has 0 fully saturated rings. The summed E-state index contributed by atoms with van der Waals surface area (Å²) in [5.41, 5.74) is 1.06. The van der Waals surface area contributed by atoms with Gasteiger partial charge in [0, 0.05) is 10.9 Å². The Kier molecular flexibility index (Phi) is 5.90. The first-order valence-electron chi connectivity index (χ1n) is 7.20. The number of carbonyl (C=O) groups excluding carboxylic acids is 1. The van der Waals surface area contributed by atoms with Crippen molar-refractivity contribution in [2.24, 2.45) is 0 Å². The van der Waals surface area contributed by atoms with Gasteiger partial charge >= 0.3 is 0 Å². The van der Waals surface area contributed by atoms with E-state index in [0.29, 0.717) is 4.77 Å². The van der Waals surface area contributed by atoms with E-state index in [0.717, 1.165) is 28.7 Å². The van der Waals surface area contributed by atoms with Crippen molar-refractivity contribution in [1.82, 2.24) is 20.1 Å². The Balaban J connectivity index is 2.02. The van der Waals surface area contributed by atoms with Crippen LogP contribution in [0.3, 0.4) is 0 Å². The Morgan fingerprint density at radius 2 is 2.14 bits per heavy atom. The molecule has 2 rings (SSSR count). The number of benzene rings is 1. The van der Waals surface area contributed by atoms with Crippen LogP contribution in [0.4, 0.5) is 0 Å². The molecule has 5 nitrogen and oxygen atoms in total. The molecule has 7 heteroatoms. The van der Waals surface area contributed by atoms with Crippen LogP contribution in [0.15, 0.2) is 28.7 Å². The van der Waals surface area contributed by atoms with E-state index in [1.165, 1.54) is 0 Å². The number of aromatic nitrogens is 3. The predicted octanol–water partition coefficient (Wildman–Crippen LogP) is 3.53. The molecule has 2 N–H and O–H groups in total. The third kappa shape index (κ3) is 4.27. The number of hydrogen-bond acceptors (Lipinski definition) is 3. The van der Waals surface area contributed by atoms with Crippen molar-refractivity contribution in [1.29, 1.82) is 0 Å². The van der Waals surface area contributed by atoms with Gasteiger partial charge < -0.3 is 5.32 Å². The molecule has 1 heterocycles. The molecule has 118 valence electrons. The first kappa shape index (κ1) is 16.9. The minimum atomic E-state index is -0.0785. The van der Waals surface area contributed by atoms with Gasteiger partial charge in [-0.05, 0) is 43.3 Å². The van der Waals surface area contributed by atoms with Gasteiger partial charge in [0.15, 0.2) is 4.77 Å². The monoisotopic (exact) mass is 382 g/mol. The molecular formula is C15H19BrN4OS. The molecule has 1 aromatic carbocycles. The lowest BCUT2D eigenvalue weighted by molar-refractivity contribution is -0.122. The Hall–Kier alpha value is -1.47. The molecule has 22 heavy (non-hydrogen) atoms. The molecule has 2 aromatic rings. The summed E-state index contributed by atoms with van der Waals surface area (Å²) in [4.78, 5) is 12.2. The fraction of sp³-hybridized carbons (Fsp3) is 0.400. The minimum absolute atomic E-state index is 0.0590. The fourth-order valence-corrected chi connectivity index (χ4v) is 2.67. The molecule has 1 amide bonds. The zero-order valence-electron chi connectivity index (χ0n) is 12.6. The van der Waals surface area contributed by atoms with E-state index >= 15 is 0 Å². The molecule has 0 aliphatic heterocycles. The largest absolute Gasteiger partial charge is 0.348 e. The van der Waals surface area contributed by atoms with Gasteiger partial charge in [0.05, 0.1) is 6.04 Å². The Labute approximate surface area is 143 Å². The molecular weight excluding hydrogens is 364 g/mol. The zero-order chi connectivity index (χ0) is 16.1. The number of nitrogens with zero attached hydrogens (tertiary/aromatic N) is 2. The second-order valence-electron chi connectivity index (χ2n) is 5.12. The van der Waals surface area contributed by atoms with E-state index in [2.05, 4.69) is 38.4 Å². The Bertz CT molecular complexity index is 692. The molecule has 0 aliphatic rings. The van der Waals surface area contributed by atoms with Gasteiger partial charge in [0.2, 0.25) is 5.91 Å². The molecule has 0 spiro atoms. The molecule has 1 atom stereocenters. The molecule has 1 unspecified atom stereocenters. The number of amides is 1. The number of rotatable bonds is 6. The summed E-state index contributed by atoms with van der Waals surface area (Å²) < 4.78 is 3.25. The highest BCUT2D eigenvalue weighted by Crippen LogP contribution is 2.16. The van der Waals surface area contributed by atoms with E-state index in [1.54, 1.807) is 4.57 Å². The van der Waals surface area contributed by atoms with Crippen LogP contribution in [0.25, 0.3) is 0 Å². The van der Waals surface area contributed by atoms with Crippen LogP contribution in [0.1, 0.15) is 37.7 Å². The van der Waals surface area contributed by atoms with Crippen molar-refractivity contribution >= 4 is 34.1 Å². The second kappa shape index (κ2) is 7.69. The van der Waals surface area contributed by atoms with Crippen molar-refractivity contribution in [3.05, 3.63) is 44.9 Å². The lowest BCUT2D eigenvalue weighted by atomic mass is 10.1. The third-order valence-electron chi connectivity index (χ3n) is 3.36. The Morgan fingerprint density at radius 3 is 2.77 bits per heavy atom. The quantitative estimate of drug-likeness (QED) is 0.751. The van der Waals surface area contributed by atoms with Gasteiger partial charge in [0.25, 0.3) is 0 Å². The van der Waals surface area contributed by atoms with Crippen molar-refractivity contribution in [3.63, 3.8) is 0 Å². The van der Waals surface area contributed by atoms with Crippen LogP contribution in [-0.4, -0.2) is 20.7 Å². The second-order valence-corrected chi connectivity index (χ2v) is 6.42. The van der Waals surface area contributed by atoms with Crippen LogP contribution in [0.2, 0.25) is 0 Å². The fourth-order valence-electron chi connectivity index (χ4n) is 2.19. The molecule has 0 bridgehead atoms. The molecule has 0 saturated carbocycles. The van der Waals surface area contributed by atoms with Gasteiger partial charge in [-0.25, -0.2) is 0 Å². The Morgan fingerprint density at radius 1 is 1.45 bits per heavy atom. The summed E-state index contributed by atoms with van der Waals surface area (Å²) >= 11 is 8.59. The molecule has 1 aromatic heterocycles. The SMILES string of the molecule is CCCc1n[nH]c(=S)n1CC(=O)NC(C)c1ccc(Br)cc1. The minimum Gasteiger partial charge on any atom is -0.348 e. The van der Waals surface area contributed by atoms with Crippen LogP contribution >= 0.6 is 28.1 Å². The number of halogens is 1.